The quantitative estimate of drug-likeness (QED) is 0.351. The average Bonchev–Trinajstić information content (AvgIpc) is 2.97. The molecule has 0 aliphatic carbocycles. The van der Waals surface area contributed by atoms with Gasteiger partial charge in [0, 0.05) is 12.6 Å². The van der Waals surface area contributed by atoms with Gasteiger partial charge in [-0.05, 0) is 74.8 Å². The van der Waals surface area contributed by atoms with Crippen molar-refractivity contribution in [3.63, 3.8) is 0 Å². The molecule has 4 atom stereocenters. The Hall–Kier alpha value is -3.06. The second-order valence-corrected chi connectivity index (χ2v) is 11.5. The van der Waals surface area contributed by atoms with E-state index in [0.29, 0.717) is 43.2 Å². The van der Waals surface area contributed by atoms with Gasteiger partial charge in [-0.3, -0.25) is 9.59 Å². The molecule has 216 valence electrons. The molecule has 2 aromatic rings. The van der Waals surface area contributed by atoms with Gasteiger partial charge in [0.15, 0.2) is 11.5 Å². The van der Waals surface area contributed by atoms with Crippen molar-refractivity contribution in [1.29, 1.82) is 0 Å². The lowest BCUT2D eigenvalue weighted by Crippen LogP contribution is -2.58. The minimum Gasteiger partial charge on any atom is -0.490 e. The van der Waals surface area contributed by atoms with E-state index in [9.17, 15) is 9.59 Å². The Balaban J connectivity index is 1.59. The van der Waals surface area contributed by atoms with Crippen molar-refractivity contribution < 1.29 is 19.1 Å². The maximum atomic E-state index is 14.3. The lowest BCUT2D eigenvalue weighted by Gasteiger charge is -2.49. The predicted molar refractivity (Wildman–Crippen MR) is 157 cm³/mol. The molecule has 2 amide bonds. The monoisotopic (exact) mass is 547 g/mol. The van der Waals surface area contributed by atoms with Crippen LogP contribution in [0.3, 0.4) is 0 Å². The summed E-state index contributed by atoms with van der Waals surface area (Å²) in [7, 11) is 0. The number of nitrogens with one attached hydrogen (secondary N) is 2. The van der Waals surface area contributed by atoms with Gasteiger partial charge in [0.25, 0.3) is 5.91 Å². The first-order chi connectivity index (χ1) is 19.5. The van der Waals surface area contributed by atoms with Crippen LogP contribution < -0.4 is 20.1 Å². The Morgan fingerprint density at radius 3 is 2.62 bits per heavy atom. The molecule has 3 aliphatic heterocycles. The van der Waals surface area contributed by atoms with Crippen molar-refractivity contribution in [3.05, 3.63) is 58.7 Å². The van der Waals surface area contributed by atoms with Crippen LogP contribution in [0.25, 0.3) is 0 Å². The van der Waals surface area contributed by atoms with Crippen LogP contribution in [0.5, 0.6) is 11.5 Å². The van der Waals surface area contributed by atoms with Gasteiger partial charge in [0.1, 0.15) is 0 Å². The zero-order chi connectivity index (χ0) is 28.1. The summed E-state index contributed by atoms with van der Waals surface area (Å²) in [6.07, 6.45) is 7.30. The molecule has 5 rings (SSSR count). The van der Waals surface area contributed by atoms with E-state index in [1.165, 1.54) is 0 Å². The highest BCUT2D eigenvalue weighted by atomic mass is 16.5. The second kappa shape index (κ2) is 13.1. The molecule has 0 aromatic heterocycles. The van der Waals surface area contributed by atoms with E-state index in [1.807, 2.05) is 42.2 Å². The molecule has 2 N–H and O–H groups in total. The topological polar surface area (TPSA) is 79.9 Å². The number of carbonyl (C=O) groups excluding carboxylic acids is 2. The van der Waals surface area contributed by atoms with Gasteiger partial charge < -0.3 is 25.0 Å². The third-order valence-corrected chi connectivity index (χ3v) is 8.74. The number of piperidine rings is 2. The Morgan fingerprint density at radius 1 is 1.12 bits per heavy atom. The fourth-order valence-electron chi connectivity index (χ4n) is 6.52. The van der Waals surface area contributed by atoms with Crippen molar-refractivity contribution in [3.8, 4) is 11.5 Å². The number of ether oxygens (including phenoxy) is 2. The standard InChI is InChI=1S/C33H45N3O4/c1-4-6-18-39-28-20-24-15-17-36-27(21-26-25(33(36)38)14-11-16-34-26)29(24)30(31(28)40-19-7-5-2)32(37)35-22(3)23-12-9-8-10-13-23/h8-10,12-13,20,22,25-27,34H,4-7,11,14-19,21H2,1-3H3,(H,35,37)/t22-,25+,26+,27-/m1/s1. The number of nitrogens with zero attached hydrogens (tertiary/aromatic N) is 1. The lowest BCUT2D eigenvalue weighted by atomic mass is 9.75. The number of unbranched alkanes of at least 4 members (excludes halogenated alkanes) is 2. The molecule has 3 heterocycles. The Morgan fingerprint density at radius 2 is 1.88 bits per heavy atom. The minimum absolute atomic E-state index is 0.0267. The van der Waals surface area contributed by atoms with Crippen LogP contribution in [0.4, 0.5) is 0 Å². The van der Waals surface area contributed by atoms with Gasteiger partial charge >= 0.3 is 0 Å². The first kappa shape index (κ1) is 28.5. The fourth-order valence-corrected chi connectivity index (χ4v) is 6.52. The molecule has 0 bridgehead atoms. The van der Waals surface area contributed by atoms with Crippen molar-refractivity contribution in [1.82, 2.24) is 15.5 Å². The van der Waals surface area contributed by atoms with Gasteiger partial charge in [-0.15, -0.1) is 0 Å². The van der Waals surface area contributed by atoms with E-state index in [2.05, 4.69) is 30.5 Å². The summed E-state index contributed by atoms with van der Waals surface area (Å²) in [5.41, 5.74) is 3.62. The summed E-state index contributed by atoms with van der Waals surface area (Å²) in [6, 6.07) is 11.9. The molecule has 0 radical (unpaired) electrons. The Kier molecular flexibility index (Phi) is 9.30. The number of carbonyl (C=O) groups is 2. The highest BCUT2D eigenvalue weighted by Crippen LogP contribution is 2.47. The number of hydrogen-bond donors (Lipinski definition) is 2. The van der Waals surface area contributed by atoms with Gasteiger partial charge in [0.05, 0.1) is 36.8 Å². The zero-order valence-electron chi connectivity index (χ0n) is 24.3. The molecule has 2 aromatic carbocycles. The van der Waals surface area contributed by atoms with Crippen LogP contribution in [-0.4, -0.2) is 49.1 Å². The smallest absolute Gasteiger partial charge is 0.256 e. The summed E-state index contributed by atoms with van der Waals surface area (Å²) in [6.45, 7) is 8.96. The van der Waals surface area contributed by atoms with Crippen LogP contribution in [0.15, 0.2) is 36.4 Å². The van der Waals surface area contributed by atoms with Crippen LogP contribution in [0.1, 0.15) is 105 Å². The van der Waals surface area contributed by atoms with E-state index in [0.717, 1.165) is 68.2 Å². The predicted octanol–water partition coefficient (Wildman–Crippen LogP) is 5.73. The van der Waals surface area contributed by atoms with Crippen LogP contribution >= 0.6 is 0 Å². The number of amides is 2. The molecule has 0 unspecified atom stereocenters. The molecule has 2 saturated heterocycles. The molecule has 3 aliphatic rings. The van der Waals surface area contributed by atoms with Crippen molar-refractivity contribution in [2.75, 3.05) is 26.3 Å². The first-order valence-electron chi connectivity index (χ1n) is 15.4. The summed E-state index contributed by atoms with van der Waals surface area (Å²) in [5, 5.41) is 6.87. The van der Waals surface area contributed by atoms with Crippen LogP contribution in [0, 0.1) is 5.92 Å². The Labute approximate surface area is 239 Å². The lowest BCUT2D eigenvalue weighted by molar-refractivity contribution is -0.145. The number of hydrogen-bond acceptors (Lipinski definition) is 5. The molecule has 7 heteroatoms. The third kappa shape index (κ3) is 5.85. The molecule has 7 nitrogen and oxygen atoms in total. The van der Waals surface area contributed by atoms with Crippen molar-refractivity contribution >= 4 is 11.8 Å². The van der Waals surface area contributed by atoms with Crippen LogP contribution in [0.2, 0.25) is 0 Å². The third-order valence-electron chi connectivity index (χ3n) is 8.74. The summed E-state index contributed by atoms with van der Waals surface area (Å²) < 4.78 is 12.7. The molecule has 0 saturated carbocycles. The summed E-state index contributed by atoms with van der Waals surface area (Å²) in [4.78, 5) is 30.1. The van der Waals surface area contributed by atoms with Gasteiger partial charge in [-0.2, -0.15) is 0 Å². The molecule has 0 spiro atoms. The first-order valence-corrected chi connectivity index (χ1v) is 15.4. The maximum absolute atomic E-state index is 14.3. The molecular weight excluding hydrogens is 502 g/mol. The van der Waals surface area contributed by atoms with E-state index < -0.39 is 0 Å². The van der Waals surface area contributed by atoms with E-state index >= 15 is 0 Å². The number of fused-ring (bicyclic) bond motifs is 4. The maximum Gasteiger partial charge on any atom is 0.256 e. The van der Waals surface area contributed by atoms with Crippen LogP contribution in [-0.2, 0) is 11.2 Å². The summed E-state index contributed by atoms with van der Waals surface area (Å²) in [5.74, 6) is 1.24. The van der Waals surface area contributed by atoms with E-state index in [1.54, 1.807) is 0 Å². The Bertz CT molecular complexity index is 1180. The normalized spacial score (nSPS) is 22.5. The fraction of sp³-hybridized carbons (Fsp3) is 0.576. The largest absolute Gasteiger partial charge is 0.490 e. The second-order valence-electron chi connectivity index (χ2n) is 11.5. The SMILES string of the molecule is CCCCOc1cc2c(c(C(=O)N[C@H](C)c3ccccc3)c1OCCCC)[C@H]1C[C@@H]3NCCC[C@@H]3C(=O)N1CC2. The van der Waals surface area contributed by atoms with Gasteiger partial charge in [0.2, 0.25) is 5.91 Å². The van der Waals surface area contributed by atoms with E-state index in [4.69, 9.17) is 9.47 Å². The molecule has 2 fully saturated rings. The zero-order valence-corrected chi connectivity index (χ0v) is 24.3. The number of rotatable bonds is 11. The van der Waals surface area contributed by atoms with Gasteiger partial charge in [-0.1, -0.05) is 57.0 Å². The highest BCUT2D eigenvalue weighted by Gasteiger charge is 2.47. The molecule has 40 heavy (non-hydrogen) atoms. The van der Waals surface area contributed by atoms with Crippen molar-refractivity contribution in [2.24, 2.45) is 5.92 Å². The minimum atomic E-state index is -0.186. The number of benzene rings is 2. The highest BCUT2D eigenvalue weighted by molar-refractivity contribution is 6.00. The van der Waals surface area contributed by atoms with Crippen molar-refractivity contribution in [2.45, 2.75) is 90.3 Å². The molecular formula is C33H45N3O4. The van der Waals surface area contributed by atoms with Gasteiger partial charge in [-0.25, -0.2) is 0 Å². The van der Waals surface area contributed by atoms with E-state index in [-0.39, 0.29) is 35.9 Å². The summed E-state index contributed by atoms with van der Waals surface area (Å²) >= 11 is 0. The average molecular weight is 548 g/mol.